The molecule has 0 saturated carbocycles. The van der Waals surface area contributed by atoms with Crippen LogP contribution in [0.3, 0.4) is 0 Å². The van der Waals surface area contributed by atoms with Crippen molar-refractivity contribution in [3.8, 4) is 0 Å². The number of anilines is 2. The number of aromatic nitrogens is 1. The Hall–Kier alpha value is -1.88. The third kappa shape index (κ3) is 2.29. The smallest absolute Gasteiger partial charge is 0.178 e. The van der Waals surface area contributed by atoms with Crippen LogP contribution in [0.2, 0.25) is 0 Å². The summed E-state index contributed by atoms with van der Waals surface area (Å²) in [5, 5.41) is 3.38. The maximum Gasteiger partial charge on any atom is 0.178 e. The molecule has 20 heavy (non-hydrogen) atoms. The van der Waals surface area contributed by atoms with Crippen molar-refractivity contribution in [2.45, 2.75) is 25.8 Å². The maximum absolute atomic E-state index is 11.6. The first-order valence-corrected chi connectivity index (χ1v) is 7.09. The SMILES string of the molecule is CC(=O)c1ccc2c(n1)N(C1CCNCC1)C=CN2C. The quantitative estimate of drug-likeness (QED) is 0.831. The second-order valence-electron chi connectivity index (χ2n) is 5.39. The van der Waals surface area contributed by atoms with Crippen LogP contribution < -0.4 is 15.1 Å². The van der Waals surface area contributed by atoms with E-state index >= 15 is 0 Å². The van der Waals surface area contributed by atoms with E-state index in [1.54, 1.807) is 13.0 Å². The van der Waals surface area contributed by atoms with Crippen LogP contribution in [0, 0.1) is 0 Å². The molecule has 2 aliphatic heterocycles. The van der Waals surface area contributed by atoms with E-state index in [9.17, 15) is 4.79 Å². The minimum Gasteiger partial charge on any atom is -0.347 e. The number of fused-ring (bicyclic) bond motifs is 1. The molecule has 0 atom stereocenters. The van der Waals surface area contributed by atoms with Gasteiger partial charge in [0, 0.05) is 32.4 Å². The zero-order chi connectivity index (χ0) is 14.1. The molecule has 0 aromatic carbocycles. The molecule has 0 bridgehead atoms. The van der Waals surface area contributed by atoms with Gasteiger partial charge in [-0.25, -0.2) is 4.98 Å². The van der Waals surface area contributed by atoms with Crippen LogP contribution in [0.25, 0.3) is 0 Å². The van der Waals surface area contributed by atoms with E-state index in [1.807, 2.05) is 18.0 Å². The molecule has 5 heteroatoms. The van der Waals surface area contributed by atoms with Crippen LogP contribution in [0.15, 0.2) is 24.5 Å². The van der Waals surface area contributed by atoms with E-state index in [0.29, 0.717) is 11.7 Å². The summed E-state index contributed by atoms with van der Waals surface area (Å²) >= 11 is 0. The molecule has 0 spiro atoms. The second kappa shape index (κ2) is 5.25. The van der Waals surface area contributed by atoms with Crippen molar-refractivity contribution in [2.75, 3.05) is 29.9 Å². The highest BCUT2D eigenvalue weighted by molar-refractivity contribution is 5.93. The number of ketones is 1. The van der Waals surface area contributed by atoms with Gasteiger partial charge in [-0.2, -0.15) is 0 Å². The molecule has 1 aromatic rings. The maximum atomic E-state index is 11.6. The summed E-state index contributed by atoms with van der Waals surface area (Å²) in [5.41, 5.74) is 1.59. The van der Waals surface area contributed by atoms with Gasteiger partial charge >= 0.3 is 0 Å². The van der Waals surface area contributed by atoms with Crippen molar-refractivity contribution in [1.29, 1.82) is 0 Å². The molecule has 0 amide bonds. The van der Waals surface area contributed by atoms with Crippen LogP contribution in [0.4, 0.5) is 11.5 Å². The van der Waals surface area contributed by atoms with Crippen molar-refractivity contribution in [3.05, 3.63) is 30.2 Å². The molecule has 5 nitrogen and oxygen atoms in total. The normalized spacial score (nSPS) is 19.1. The lowest BCUT2D eigenvalue weighted by molar-refractivity contribution is 0.101. The fourth-order valence-corrected chi connectivity index (χ4v) is 2.80. The highest BCUT2D eigenvalue weighted by Crippen LogP contribution is 2.34. The summed E-state index contributed by atoms with van der Waals surface area (Å²) in [6.07, 6.45) is 6.33. The number of hydrogen-bond donors (Lipinski definition) is 1. The molecule has 3 rings (SSSR count). The van der Waals surface area contributed by atoms with Gasteiger partial charge in [-0.15, -0.1) is 0 Å². The zero-order valence-electron chi connectivity index (χ0n) is 12.0. The van der Waals surface area contributed by atoms with Crippen LogP contribution in [0.5, 0.6) is 0 Å². The van der Waals surface area contributed by atoms with Crippen molar-refractivity contribution < 1.29 is 4.79 Å². The largest absolute Gasteiger partial charge is 0.347 e. The molecule has 1 saturated heterocycles. The molecular formula is C15H20N4O. The van der Waals surface area contributed by atoms with Gasteiger partial charge in [0.25, 0.3) is 0 Å². The van der Waals surface area contributed by atoms with E-state index in [1.165, 1.54) is 0 Å². The van der Waals surface area contributed by atoms with Gasteiger partial charge in [0.1, 0.15) is 5.69 Å². The fourth-order valence-electron chi connectivity index (χ4n) is 2.80. The van der Waals surface area contributed by atoms with Crippen LogP contribution >= 0.6 is 0 Å². The molecule has 0 unspecified atom stereocenters. The van der Waals surface area contributed by atoms with Crippen molar-refractivity contribution >= 4 is 17.3 Å². The third-order valence-electron chi connectivity index (χ3n) is 3.99. The van der Waals surface area contributed by atoms with Gasteiger partial charge in [0.15, 0.2) is 11.6 Å². The molecule has 1 aromatic heterocycles. The molecule has 3 heterocycles. The van der Waals surface area contributed by atoms with E-state index in [4.69, 9.17) is 0 Å². The minimum atomic E-state index is 0.00951. The number of hydrogen-bond acceptors (Lipinski definition) is 5. The summed E-state index contributed by atoms with van der Waals surface area (Å²) in [6, 6.07) is 4.24. The number of nitrogens with zero attached hydrogens (tertiary/aromatic N) is 3. The average molecular weight is 272 g/mol. The molecule has 106 valence electrons. The average Bonchev–Trinajstić information content (AvgIpc) is 2.48. The van der Waals surface area contributed by atoms with Gasteiger partial charge in [-0.3, -0.25) is 4.79 Å². The highest BCUT2D eigenvalue weighted by atomic mass is 16.1. The van der Waals surface area contributed by atoms with Crippen molar-refractivity contribution in [3.63, 3.8) is 0 Å². The van der Waals surface area contributed by atoms with E-state index in [-0.39, 0.29) is 5.78 Å². The Kier molecular flexibility index (Phi) is 3.44. The standard InChI is InChI=1S/C15H20N4O/c1-11(20)13-3-4-14-15(17-13)19(10-9-18(14)2)12-5-7-16-8-6-12/h3-4,9-10,12,16H,5-8H2,1-2H3. The summed E-state index contributed by atoms with van der Waals surface area (Å²) < 4.78 is 0. The first kappa shape index (κ1) is 13.1. The first-order chi connectivity index (χ1) is 9.66. The molecular weight excluding hydrogens is 252 g/mol. The molecule has 0 aliphatic carbocycles. The lowest BCUT2D eigenvalue weighted by Crippen LogP contribution is -2.42. The lowest BCUT2D eigenvalue weighted by Gasteiger charge is -2.38. The highest BCUT2D eigenvalue weighted by Gasteiger charge is 2.26. The first-order valence-electron chi connectivity index (χ1n) is 7.09. The molecule has 2 aliphatic rings. The molecule has 1 fully saturated rings. The zero-order valence-corrected chi connectivity index (χ0v) is 12.0. The lowest BCUT2D eigenvalue weighted by atomic mass is 10.0. The van der Waals surface area contributed by atoms with Crippen molar-refractivity contribution in [1.82, 2.24) is 10.3 Å². The third-order valence-corrected chi connectivity index (χ3v) is 3.99. The van der Waals surface area contributed by atoms with Gasteiger partial charge in [-0.1, -0.05) is 0 Å². The topological polar surface area (TPSA) is 48.5 Å². The number of carbonyl (C=O) groups excluding carboxylic acids is 1. The Labute approximate surface area is 119 Å². The summed E-state index contributed by atoms with van der Waals surface area (Å²) in [7, 11) is 2.00. The van der Waals surface area contributed by atoms with E-state index in [0.717, 1.165) is 37.4 Å². The number of pyridine rings is 1. The second-order valence-corrected chi connectivity index (χ2v) is 5.39. The summed E-state index contributed by atoms with van der Waals surface area (Å²) in [6.45, 7) is 3.63. The Balaban J connectivity index is 1.99. The van der Waals surface area contributed by atoms with Gasteiger partial charge in [0.05, 0.1) is 5.69 Å². The molecule has 0 radical (unpaired) electrons. The number of rotatable bonds is 2. The Morgan fingerprint density at radius 2 is 2.05 bits per heavy atom. The Morgan fingerprint density at radius 3 is 2.75 bits per heavy atom. The van der Waals surface area contributed by atoms with E-state index < -0.39 is 0 Å². The molecule has 1 N–H and O–H groups in total. The number of carbonyl (C=O) groups is 1. The summed E-state index contributed by atoms with van der Waals surface area (Å²) in [4.78, 5) is 20.4. The minimum absolute atomic E-state index is 0.00951. The Bertz CT molecular complexity index is 549. The van der Waals surface area contributed by atoms with Gasteiger partial charge < -0.3 is 15.1 Å². The number of piperidine rings is 1. The summed E-state index contributed by atoms with van der Waals surface area (Å²) in [5.74, 6) is 0.907. The number of nitrogens with one attached hydrogen (secondary N) is 1. The van der Waals surface area contributed by atoms with Crippen LogP contribution in [-0.2, 0) is 0 Å². The fraction of sp³-hybridized carbons (Fsp3) is 0.467. The predicted molar refractivity (Wildman–Crippen MR) is 80.2 cm³/mol. The Morgan fingerprint density at radius 1 is 1.30 bits per heavy atom. The monoisotopic (exact) mass is 272 g/mol. The van der Waals surface area contributed by atoms with Gasteiger partial charge in [0.2, 0.25) is 0 Å². The van der Waals surface area contributed by atoms with Crippen LogP contribution in [0.1, 0.15) is 30.3 Å². The van der Waals surface area contributed by atoms with Gasteiger partial charge in [-0.05, 0) is 38.1 Å². The number of Topliss-reactive ketones (excluding diaryl/α,β-unsaturated/α-hetero) is 1. The van der Waals surface area contributed by atoms with Crippen molar-refractivity contribution in [2.24, 2.45) is 0 Å². The van der Waals surface area contributed by atoms with Crippen LogP contribution in [-0.4, -0.2) is 36.9 Å². The van der Waals surface area contributed by atoms with E-state index in [2.05, 4.69) is 27.6 Å². The predicted octanol–water partition coefficient (Wildman–Crippen LogP) is 1.76.